The molecule has 0 radical (unpaired) electrons. The summed E-state index contributed by atoms with van der Waals surface area (Å²) in [7, 11) is 4.28. The lowest BCUT2D eigenvalue weighted by Gasteiger charge is -2.46. The van der Waals surface area contributed by atoms with Crippen molar-refractivity contribution < 1.29 is 9.90 Å². The van der Waals surface area contributed by atoms with E-state index in [0.29, 0.717) is 23.0 Å². The molecule has 0 aromatic heterocycles. The second kappa shape index (κ2) is 17.0. The van der Waals surface area contributed by atoms with Crippen LogP contribution < -0.4 is 0 Å². The number of carbonyl (C=O) groups is 1. The fourth-order valence-electron chi connectivity index (χ4n) is 7.25. The highest BCUT2D eigenvalue weighted by molar-refractivity contribution is 6.30. The third-order valence-electron chi connectivity index (χ3n) is 10.2. The van der Waals surface area contributed by atoms with E-state index in [1.54, 1.807) is 6.07 Å². The van der Waals surface area contributed by atoms with Crippen LogP contribution in [0.2, 0.25) is 5.02 Å². The van der Waals surface area contributed by atoms with Crippen molar-refractivity contribution in [3.8, 4) is 5.75 Å². The minimum absolute atomic E-state index is 0.0162. The number of rotatable bonds is 8. The zero-order valence-electron chi connectivity index (χ0n) is 31.2. The number of phenolic OH excluding ortho intramolecular Hbond substituents is 1. The first-order valence-electron chi connectivity index (χ1n) is 18.0. The highest BCUT2D eigenvalue weighted by atomic mass is 35.5. The van der Waals surface area contributed by atoms with Crippen molar-refractivity contribution in [3.05, 3.63) is 112 Å². The van der Waals surface area contributed by atoms with Crippen molar-refractivity contribution in [2.75, 3.05) is 33.7 Å². The minimum atomic E-state index is -0.338. The van der Waals surface area contributed by atoms with Crippen molar-refractivity contribution in [2.24, 2.45) is 11.8 Å². The van der Waals surface area contributed by atoms with Gasteiger partial charge in [0.25, 0.3) is 0 Å². The van der Waals surface area contributed by atoms with Gasteiger partial charge in [0, 0.05) is 67.9 Å². The number of aryl methyl sites for hydroxylation is 1. The van der Waals surface area contributed by atoms with Gasteiger partial charge in [-0.2, -0.15) is 0 Å². The summed E-state index contributed by atoms with van der Waals surface area (Å²) in [4.78, 5) is 22.8. The average Bonchev–Trinajstić information content (AvgIpc) is 3.05. The molecular weight excluding hydrogens is 628 g/mol. The van der Waals surface area contributed by atoms with E-state index in [9.17, 15) is 9.90 Å². The number of likely N-dealkylation sites (N-methyl/N-ethyl adjacent to an activating group) is 2. The molecule has 2 atom stereocenters. The Kier molecular flexibility index (Phi) is 13.3. The maximum Gasteiger partial charge on any atom is 0.232 e. The van der Waals surface area contributed by atoms with Gasteiger partial charge in [0.2, 0.25) is 5.91 Å². The van der Waals surface area contributed by atoms with Gasteiger partial charge in [-0.15, -0.1) is 0 Å². The molecule has 6 nitrogen and oxygen atoms in total. The van der Waals surface area contributed by atoms with Crippen LogP contribution in [0.5, 0.6) is 5.75 Å². The predicted molar refractivity (Wildman–Crippen MR) is 206 cm³/mol. The molecule has 1 N–H and O–H groups in total. The average molecular weight is 687 g/mol. The Bertz CT molecular complexity index is 1530. The molecule has 2 unspecified atom stereocenters. The Balaban J connectivity index is 0.00000128. The standard InChI is InChI=1S/C38H49ClN4O2.C4H10/c1-8-33(43-37(45)21-31-20-36(44)25(2)19-35(31)38(43)30-12-14-32(39)15-13-30)16-9-26(3)40(6)24-29-10-17-34(18-11-29)42-22-27(4)41(7)28(5)23-42;1-4(2)3/h8-9,12-16,19-20,28-29,34,38,44H,3-4,10-11,17-18,21-24H2,1-2,5-7H3;4H,1-3H3/b16-9-,33-8+;. The molecule has 1 saturated heterocycles. The van der Waals surface area contributed by atoms with Crippen LogP contribution in [0.15, 0.2) is 84.9 Å². The number of nitrogens with zero attached hydrogens (tertiary/aromatic N) is 4. The normalized spacial score (nSPS) is 23.4. The highest BCUT2D eigenvalue weighted by Gasteiger charge is 2.36. The van der Waals surface area contributed by atoms with Gasteiger partial charge in [-0.05, 0) is 117 Å². The van der Waals surface area contributed by atoms with E-state index in [4.69, 9.17) is 11.6 Å². The van der Waals surface area contributed by atoms with Crippen molar-refractivity contribution in [1.29, 1.82) is 0 Å². The maximum absolute atomic E-state index is 13.7. The van der Waals surface area contributed by atoms with Crippen LogP contribution in [0.3, 0.4) is 0 Å². The molecule has 7 heteroatoms. The summed E-state index contributed by atoms with van der Waals surface area (Å²) in [5, 5.41) is 11.1. The van der Waals surface area contributed by atoms with Crippen LogP contribution in [0.25, 0.3) is 0 Å². The van der Waals surface area contributed by atoms with E-state index >= 15 is 0 Å². The number of allylic oxidation sites excluding steroid dienone is 3. The van der Waals surface area contributed by atoms with Gasteiger partial charge >= 0.3 is 0 Å². The molecule has 2 fully saturated rings. The quantitative estimate of drug-likeness (QED) is 0.281. The summed E-state index contributed by atoms with van der Waals surface area (Å²) in [6.07, 6.45) is 11.2. The smallest absolute Gasteiger partial charge is 0.232 e. The first kappa shape index (κ1) is 38.3. The lowest BCUT2D eigenvalue weighted by Crippen LogP contribution is -2.52. The summed E-state index contributed by atoms with van der Waals surface area (Å²) in [6.45, 7) is 24.4. The molecule has 49 heavy (non-hydrogen) atoms. The molecule has 1 saturated carbocycles. The van der Waals surface area contributed by atoms with E-state index in [-0.39, 0.29) is 24.1 Å². The van der Waals surface area contributed by atoms with Crippen LogP contribution in [-0.2, 0) is 11.2 Å². The number of fused-ring (bicyclic) bond motifs is 1. The molecule has 266 valence electrons. The Labute approximate surface area is 301 Å². The topological polar surface area (TPSA) is 50.3 Å². The Morgan fingerprint density at radius 3 is 2.33 bits per heavy atom. The molecule has 2 aromatic rings. The highest BCUT2D eigenvalue weighted by Crippen LogP contribution is 2.41. The van der Waals surface area contributed by atoms with Gasteiger partial charge in [-0.25, -0.2) is 0 Å². The largest absolute Gasteiger partial charge is 0.508 e. The Morgan fingerprint density at radius 2 is 1.73 bits per heavy atom. The van der Waals surface area contributed by atoms with Gasteiger partial charge < -0.3 is 19.8 Å². The van der Waals surface area contributed by atoms with Crippen LogP contribution in [-0.4, -0.2) is 76.4 Å². The molecule has 3 aliphatic rings. The summed E-state index contributed by atoms with van der Waals surface area (Å²) in [6, 6.07) is 12.2. The Morgan fingerprint density at radius 1 is 1.10 bits per heavy atom. The summed E-state index contributed by atoms with van der Waals surface area (Å²) < 4.78 is 0. The van der Waals surface area contributed by atoms with Gasteiger partial charge in [0.1, 0.15) is 5.75 Å². The molecule has 0 spiro atoms. The molecule has 1 aliphatic carbocycles. The van der Waals surface area contributed by atoms with E-state index in [0.717, 1.165) is 59.2 Å². The third kappa shape index (κ3) is 9.61. The van der Waals surface area contributed by atoms with Crippen LogP contribution >= 0.6 is 11.6 Å². The number of piperazine rings is 1. The Hall–Kier alpha value is -3.48. The van der Waals surface area contributed by atoms with Gasteiger partial charge in [-0.1, -0.05) is 63.7 Å². The molecule has 5 rings (SSSR count). The van der Waals surface area contributed by atoms with Gasteiger partial charge in [-0.3, -0.25) is 9.69 Å². The lowest BCUT2D eigenvalue weighted by molar-refractivity contribution is -0.130. The van der Waals surface area contributed by atoms with Crippen LogP contribution in [0.4, 0.5) is 0 Å². The minimum Gasteiger partial charge on any atom is -0.508 e. The van der Waals surface area contributed by atoms with E-state index in [1.807, 2.05) is 67.3 Å². The van der Waals surface area contributed by atoms with E-state index < -0.39 is 0 Å². The van der Waals surface area contributed by atoms with Crippen molar-refractivity contribution in [3.63, 3.8) is 0 Å². The molecule has 2 heterocycles. The zero-order valence-corrected chi connectivity index (χ0v) is 31.9. The molecule has 2 aromatic carbocycles. The number of amides is 1. The van der Waals surface area contributed by atoms with Crippen molar-refractivity contribution in [1.82, 2.24) is 19.6 Å². The second-order valence-electron chi connectivity index (χ2n) is 15.0. The SMILES string of the molecule is C=C(/C=C\C(=C/C)N1C(=O)Cc2cc(O)c(C)cc2C1c1ccc(Cl)cc1)N(C)CC1CCC(N2CC(=C)N(C)C(C)C2)CC1.CC(C)C. The summed E-state index contributed by atoms with van der Waals surface area (Å²) in [5.41, 5.74) is 6.58. The van der Waals surface area contributed by atoms with Gasteiger partial charge in [0.15, 0.2) is 0 Å². The van der Waals surface area contributed by atoms with E-state index in [2.05, 4.69) is 69.6 Å². The number of halogens is 1. The predicted octanol–water partition coefficient (Wildman–Crippen LogP) is 9.10. The van der Waals surface area contributed by atoms with Crippen LogP contribution in [0, 0.1) is 18.8 Å². The number of hydrogen-bond acceptors (Lipinski definition) is 5. The molecule has 1 amide bonds. The summed E-state index contributed by atoms with van der Waals surface area (Å²) >= 11 is 6.24. The van der Waals surface area contributed by atoms with E-state index in [1.165, 1.54) is 31.4 Å². The number of carbonyl (C=O) groups excluding carboxylic acids is 1. The van der Waals surface area contributed by atoms with Gasteiger partial charge in [0.05, 0.1) is 12.5 Å². The lowest BCUT2D eigenvalue weighted by atomic mass is 9.84. The molecule has 2 aliphatic heterocycles. The zero-order chi connectivity index (χ0) is 36.0. The first-order chi connectivity index (χ1) is 23.2. The third-order valence-corrected chi connectivity index (χ3v) is 10.5. The number of hydrogen-bond donors (Lipinski definition) is 1. The van der Waals surface area contributed by atoms with Crippen molar-refractivity contribution >= 4 is 17.5 Å². The monoisotopic (exact) mass is 686 g/mol. The molecule has 0 bridgehead atoms. The fraction of sp³-hybridized carbons (Fsp3) is 0.500. The van der Waals surface area contributed by atoms with Crippen molar-refractivity contribution in [2.45, 2.75) is 91.8 Å². The first-order valence-corrected chi connectivity index (χ1v) is 18.4. The number of benzene rings is 2. The maximum atomic E-state index is 13.7. The molecular formula is C42H59ClN4O2. The van der Waals surface area contributed by atoms with Crippen LogP contribution in [0.1, 0.15) is 88.6 Å². The second-order valence-corrected chi connectivity index (χ2v) is 15.4. The number of aromatic hydroxyl groups is 1. The number of phenols is 1. The fourth-order valence-corrected chi connectivity index (χ4v) is 7.38. The summed E-state index contributed by atoms with van der Waals surface area (Å²) in [5.74, 6) is 1.67.